The summed E-state index contributed by atoms with van der Waals surface area (Å²) in [6, 6.07) is 10.9. The van der Waals surface area contributed by atoms with Gasteiger partial charge in [-0.2, -0.15) is 10.1 Å². The molecule has 0 saturated heterocycles. The highest BCUT2D eigenvalue weighted by atomic mass is 16.6. The second-order valence-electron chi connectivity index (χ2n) is 7.34. The molecule has 0 unspecified atom stereocenters. The number of nitro groups is 1. The van der Waals surface area contributed by atoms with Crippen LogP contribution in [0, 0.1) is 16.0 Å². The predicted molar refractivity (Wildman–Crippen MR) is 104 cm³/mol. The predicted octanol–water partition coefficient (Wildman–Crippen LogP) is 4.09. The third-order valence-electron chi connectivity index (χ3n) is 5.48. The van der Waals surface area contributed by atoms with E-state index >= 15 is 0 Å². The smallest absolute Gasteiger partial charge is 0.282 e. The van der Waals surface area contributed by atoms with Gasteiger partial charge >= 0.3 is 0 Å². The number of nitro benzene ring substituents is 1. The summed E-state index contributed by atoms with van der Waals surface area (Å²) in [4.78, 5) is 36.5. The standard InChI is InChI=1S/C21H15N3O5/c1-11-9-16(11)18-8-5-12(29-18)10-22-23-20(25)14-4-2-3-13-17(24(27)28)7-6-15(19(13)14)21(23)26/h2-8,10-11,16H,9H2,1H3/b22-10-/t11-,16+/m0/s1. The van der Waals surface area contributed by atoms with Gasteiger partial charge in [0.15, 0.2) is 0 Å². The zero-order chi connectivity index (χ0) is 20.3. The van der Waals surface area contributed by atoms with Gasteiger partial charge in [0.2, 0.25) is 0 Å². The van der Waals surface area contributed by atoms with E-state index in [4.69, 9.17) is 4.42 Å². The maximum atomic E-state index is 12.9. The highest BCUT2D eigenvalue weighted by molar-refractivity contribution is 6.26. The summed E-state index contributed by atoms with van der Waals surface area (Å²) in [6.07, 6.45) is 2.42. The Labute approximate surface area is 164 Å². The van der Waals surface area contributed by atoms with Crippen LogP contribution in [0.1, 0.15) is 51.5 Å². The minimum absolute atomic E-state index is 0.152. The van der Waals surface area contributed by atoms with Gasteiger partial charge in [0.25, 0.3) is 17.5 Å². The molecule has 2 amide bonds. The van der Waals surface area contributed by atoms with Crippen molar-refractivity contribution >= 4 is 34.5 Å². The Hall–Kier alpha value is -3.81. The third-order valence-corrected chi connectivity index (χ3v) is 5.48. The molecule has 1 aromatic heterocycles. The molecule has 1 aliphatic heterocycles. The van der Waals surface area contributed by atoms with Crippen LogP contribution in [0.3, 0.4) is 0 Å². The topological polar surface area (TPSA) is 106 Å². The largest absolute Gasteiger partial charge is 0.460 e. The average molecular weight is 389 g/mol. The summed E-state index contributed by atoms with van der Waals surface area (Å²) in [7, 11) is 0. The van der Waals surface area contributed by atoms with Crippen molar-refractivity contribution in [3.63, 3.8) is 0 Å². The van der Waals surface area contributed by atoms with E-state index in [1.807, 2.05) is 6.07 Å². The van der Waals surface area contributed by atoms with Crippen LogP contribution in [0.2, 0.25) is 0 Å². The van der Waals surface area contributed by atoms with Crippen molar-refractivity contribution in [2.24, 2.45) is 11.0 Å². The van der Waals surface area contributed by atoms with Crippen molar-refractivity contribution < 1.29 is 18.9 Å². The number of hydrogen-bond acceptors (Lipinski definition) is 6. The van der Waals surface area contributed by atoms with E-state index in [1.165, 1.54) is 30.5 Å². The molecule has 29 heavy (non-hydrogen) atoms. The summed E-state index contributed by atoms with van der Waals surface area (Å²) >= 11 is 0. The van der Waals surface area contributed by atoms with Crippen molar-refractivity contribution in [3.05, 3.63) is 75.2 Å². The van der Waals surface area contributed by atoms with Crippen LogP contribution in [0.4, 0.5) is 5.69 Å². The van der Waals surface area contributed by atoms with E-state index in [9.17, 15) is 19.7 Å². The molecule has 0 bridgehead atoms. The highest BCUT2D eigenvalue weighted by Gasteiger charge is 2.37. The molecule has 0 spiro atoms. The lowest BCUT2D eigenvalue weighted by molar-refractivity contribution is -0.383. The molecule has 2 aromatic carbocycles. The van der Waals surface area contributed by atoms with Crippen LogP contribution in [-0.4, -0.2) is 28.0 Å². The highest BCUT2D eigenvalue weighted by Crippen LogP contribution is 2.47. The number of hydrazone groups is 1. The maximum absolute atomic E-state index is 12.9. The molecule has 0 N–H and O–H groups in total. The minimum Gasteiger partial charge on any atom is -0.460 e. The zero-order valence-corrected chi connectivity index (χ0v) is 15.4. The summed E-state index contributed by atoms with van der Waals surface area (Å²) in [5.74, 6) is 1.07. The third kappa shape index (κ3) is 2.64. The van der Waals surface area contributed by atoms with E-state index in [-0.39, 0.29) is 27.6 Å². The number of carbonyl (C=O) groups is 2. The SMILES string of the molecule is C[C@H]1C[C@H]1c1ccc(/C=N\N2C(=O)c3cccc4c([N+](=O)[O-])ccc(c34)C2=O)o1. The van der Waals surface area contributed by atoms with Crippen molar-refractivity contribution in [3.8, 4) is 0 Å². The summed E-state index contributed by atoms with van der Waals surface area (Å²) in [5, 5.41) is 16.7. The summed E-state index contributed by atoms with van der Waals surface area (Å²) in [6.45, 7) is 2.15. The number of hydrogen-bond donors (Lipinski definition) is 0. The second kappa shape index (κ2) is 6.10. The van der Waals surface area contributed by atoms with Crippen LogP contribution >= 0.6 is 0 Å². The van der Waals surface area contributed by atoms with Gasteiger partial charge in [-0.15, -0.1) is 0 Å². The second-order valence-corrected chi connectivity index (χ2v) is 7.34. The molecule has 2 aliphatic rings. The molecular formula is C21H15N3O5. The number of imide groups is 1. The number of benzene rings is 2. The lowest BCUT2D eigenvalue weighted by Gasteiger charge is -2.22. The number of nitrogens with zero attached hydrogens (tertiary/aromatic N) is 3. The maximum Gasteiger partial charge on any atom is 0.282 e. The fourth-order valence-corrected chi connectivity index (χ4v) is 3.80. The Kier molecular flexibility index (Phi) is 3.64. The van der Waals surface area contributed by atoms with Gasteiger partial charge < -0.3 is 4.42 Å². The van der Waals surface area contributed by atoms with E-state index in [1.54, 1.807) is 12.1 Å². The van der Waals surface area contributed by atoms with Gasteiger partial charge in [0.05, 0.1) is 27.7 Å². The van der Waals surface area contributed by atoms with Crippen molar-refractivity contribution in [1.82, 2.24) is 5.01 Å². The number of furan rings is 1. The average Bonchev–Trinajstić information content (AvgIpc) is 3.25. The first-order valence-electron chi connectivity index (χ1n) is 9.18. The van der Waals surface area contributed by atoms with Crippen molar-refractivity contribution in [2.75, 3.05) is 0 Å². The van der Waals surface area contributed by atoms with Gasteiger partial charge in [-0.05, 0) is 42.7 Å². The van der Waals surface area contributed by atoms with Crippen LogP contribution in [0.15, 0.2) is 52.0 Å². The van der Waals surface area contributed by atoms with E-state index in [0.29, 0.717) is 17.6 Å². The minimum atomic E-state index is -0.632. The van der Waals surface area contributed by atoms with Crippen LogP contribution < -0.4 is 0 Å². The molecule has 1 saturated carbocycles. The molecule has 144 valence electrons. The monoisotopic (exact) mass is 389 g/mol. The Balaban J connectivity index is 1.52. The summed E-state index contributed by atoms with van der Waals surface area (Å²) < 4.78 is 5.74. The number of rotatable bonds is 4. The molecule has 3 aromatic rings. The van der Waals surface area contributed by atoms with Gasteiger partial charge in [0.1, 0.15) is 11.5 Å². The zero-order valence-electron chi connectivity index (χ0n) is 15.4. The molecule has 1 fully saturated rings. The fraction of sp³-hybridized carbons (Fsp3) is 0.190. The van der Waals surface area contributed by atoms with Crippen LogP contribution in [0.5, 0.6) is 0 Å². The van der Waals surface area contributed by atoms with Gasteiger partial charge in [-0.3, -0.25) is 19.7 Å². The van der Waals surface area contributed by atoms with E-state index in [2.05, 4.69) is 12.0 Å². The first kappa shape index (κ1) is 17.3. The number of non-ortho nitro benzene ring substituents is 1. The molecule has 8 nitrogen and oxygen atoms in total. The van der Waals surface area contributed by atoms with E-state index in [0.717, 1.165) is 17.2 Å². The van der Waals surface area contributed by atoms with Crippen molar-refractivity contribution in [2.45, 2.75) is 19.3 Å². The first-order chi connectivity index (χ1) is 14.0. The molecule has 1 aliphatic carbocycles. The fourth-order valence-electron chi connectivity index (χ4n) is 3.80. The van der Waals surface area contributed by atoms with Gasteiger partial charge in [0, 0.05) is 17.4 Å². The Bertz CT molecular complexity index is 1220. The molecular weight excluding hydrogens is 374 g/mol. The Morgan fingerprint density at radius 3 is 2.55 bits per heavy atom. The lowest BCUT2D eigenvalue weighted by atomic mass is 9.94. The molecule has 2 heterocycles. The first-order valence-corrected chi connectivity index (χ1v) is 9.18. The lowest BCUT2D eigenvalue weighted by Crippen LogP contribution is -2.36. The molecule has 8 heteroatoms. The Morgan fingerprint density at radius 1 is 1.14 bits per heavy atom. The molecule has 5 rings (SSSR count). The van der Waals surface area contributed by atoms with Crippen LogP contribution in [0.25, 0.3) is 10.8 Å². The van der Waals surface area contributed by atoms with E-state index < -0.39 is 16.7 Å². The summed E-state index contributed by atoms with van der Waals surface area (Å²) in [5.41, 5.74) is 0.246. The number of carbonyl (C=O) groups excluding carboxylic acids is 2. The Morgan fingerprint density at radius 2 is 1.86 bits per heavy atom. The van der Waals surface area contributed by atoms with Crippen LogP contribution in [-0.2, 0) is 0 Å². The van der Waals surface area contributed by atoms with Gasteiger partial charge in [-0.1, -0.05) is 13.0 Å². The normalized spacial score (nSPS) is 20.7. The van der Waals surface area contributed by atoms with Crippen molar-refractivity contribution in [1.29, 1.82) is 0 Å². The quantitative estimate of drug-likeness (QED) is 0.289. The molecule has 2 atom stereocenters. The molecule has 0 radical (unpaired) electrons. The van der Waals surface area contributed by atoms with Gasteiger partial charge in [-0.25, -0.2) is 0 Å². The number of amides is 2.